The van der Waals surface area contributed by atoms with Crippen LogP contribution in [0.5, 0.6) is 0 Å². The van der Waals surface area contributed by atoms with Gasteiger partial charge in [-0.15, -0.1) is 0 Å². The molecule has 0 saturated heterocycles. The first-order valence-corrected chi connectivity index (χ1v) is 28.4. The van der Waals surface area contributed by atoms with Gasteiger partial charge in [0.15, 0.2) is 0 Å². The summed E-state index contributed by atoms with van der Waals surface area (Å²) in [4.78, 5) is -4.01. The van der Waals surface area contributed by atoms with Gasteiger partial charge in [-0.25, -0.2) is 0 Å². The van der Waals surface area contributed by atoms with Gasteiger partial charge in [0, 0.05) is 44.8 Å². The smallest absolute Gasteiger partial charge is 0.308 e. The predicted molar refractivity (Wildman–Crippen MR) is 296 cm³/mol. The molecule has 0 aliphatic rings. The molecule has 0 bridgehead atoms. The summed E-state index contributed by atoms with van der Waals surface area (Å²) in [5, 5.41) is 0. The van der Waals surface area contributed by atoms with E-state index in [1.165, 1.54) is 0 Å². The lowest BCUT2D eigenvalue weighted by Crippen LogP contribution is -2.17. The number of halogens is 10. The Hall–Kier alpha value is -6.74. The van der Waals surface area contributed by atoms with Gasteiger partial charge in [0.05, 0.1) is 22.4 Å². The molecule has 0 aliphatic heterocycles. The van der Waals surface area contributed by atoms with Crippen LogP contribution in [0.15, 0.2) is 155 Å². The molecule has 400 valence electrons. The maximum absolute atomic E-state index is 13.7. The van der Waals surface area contributed by atoms with Gasteiger partial charge in [-0.2, -0.15) is 0 Å². The fourth-order valence-corrected chi connectivity index (χ4v) is 10.1. The van der Waals surface area contributed by atoms with Gasteiger partial charge in [-0.3, -0.25) is 0 Å². The Balaban J connectivity index is 1.47. The minimum absolute atomic E-state index is 0.0981. The molecule has 0 N–H and O–H groups in total. The predicted octanol–water partition coefficient (Wildman–Crippen LogP) is 21.1. The largest absolute Gasteiger partial charge is 0.310 e. The summed E-state index contributed by atoms with van der Waals surface area (Å²) >= 11 is 0. The van der Waals surface area contributed by atoms with Crippen LogP contribution in [0.1, 0.15) is 128 Å². The van der Waals surface area contributed by atoms with Crippen LogP contribution in [0.2, 0.25) is 0 Å². The average molecular weight is 1090 g/mol. The van der Waals surface area contributed by atoms with Crippen molar-refractivity contribution in [3.8, 4) is 57.6 Å². The van der Waals surface area contributed by atoms with Crippen molar-refractivity contribution in [2.75, 3.05) is 0 Å². The van der Waals surface area contributed by atoms with E-state index in [1.807, 2.05) is 24.3 Å². The molecule has 0 amide bonds. The highest BCUT2D eigenvalue weighted by Gasteiger charge is 2.66. The van der Waals surface area contributed by atoms with Gasteiger partial charge in [0.2, 0.25) is 0 Å². The number of hydrogen-bond donors (Lipinski definition) is 0. The Labute approximate surface area is 439 Å². The second-order valence-corrected chi connectivity index (χ2v) is 28.4. The molecule has 0 saturated carbocycles. The number of fused-ring (bicyclic) bond motifs is 1. The molecular formula is C62H60F10N2S2. The molecular weight excluding hydrogens is 1030 g/mol. The molecule has 0 aliphatic carbocycles. The maximum Gasteiger partial charge on any atom is 0.310 e. The van der Waals surface area contributed by atoms with Crippen molar-refractivity contribution in [3.63, 3.8) is 0 Å². The summed E-state index contributed by atoms with van der Waals surface area (Å²) in [6.07, 6.45) is 0. The van der Waals surface area contributed by atoms with Crippen molar-refractivity contribution in [1.82, 2.24) is 9.13 Å². The van der Waals surface area contributed by atoms with Crippen LogP contribution >= 0.6 is 20.4 Å². The Bertz CT molecular complexity index is 3430. The van der Waals surface area contributed by atoms with Gasteiger partial charge in [0.25, 0.3) is 0 Å². The summed E-state index contributed by atoms with van der Waals surface area (Å²) in [5.41, 5.74) is 10.2. The SMILES string of the molecule is CC(C)(C)c1cc(-n2c(-c3ccccc3C#Cc3ccc(S(F)(F)(F)(F)F)cc3)cc3c2cc(-c2ccccc2C#Cc2ccc(S(F)(F)(F)(F)F)cc2)n3-c2cc(C(C)(C)C)cc(C(C)(C)C)c2)cc(C(C)(C)C)c1. The molecule has 2 aromatic heterocycles. The zero-order valence-corrected chi connectivity index (χ0v) is 46.0. The number of rotatable bonds is 6. The fraction of sp³-hybridized carbons (Fsp3) is 0.258. The minimum atomic E-state index is -9.92. The zero-order chi connectivity index (χ0) is 56.2. The van der Waals surface area contributed by atoms with Crippen LogP contribution in [0.25, 0.3) is 44.9 Å². The van der Waals surface area contributed by atoms with E-state index in [9.17, 15) is 38.9 Å². The van der Waals surface area contributed by atoms with Gasteiger partial charge in [-0.1, -0.05) is 194 Å². The first-order valence-electron chi connectivity index (χ1n) is 24.5. The lowest BCUT2D eigenvalue weighted by atomic mass is 9.80. The summed E-state index contributed by atoms with van der Waals surface area (Å²) in [5.74, 6) is 12.1. The van der Waals surface area contributed by atoms with Crippen LogP contribution in [-0.2, 0) is 21.7 Å². The first-order chi connectivity index (χ1) is 34.4. The van der Waals surface area contributed by atoms with E-state index < -0.39 is 30.2 Å². The van der Waals surface area contributed by atoms with Crippen LogP contribution in [0.3, 0.4) is 0 Å². The van der Waals surface area contributed by atoms with Crippen molar-refractivity contribution in [3.05, 3.63) is 190 Å². The molecule has 0 unspecified atom stereocenters. The van der Waals surface area contributed by atoms with Gasteiger partial charge in [0.1, 0.15) is 9.79 Å². The quantitative estimate of drug-likeness (QED) is 0.116. The monoisotopic (exact) mass is 1090 g/mol. The van der Waals surface area contributed by atoms with Gasteiger partial charge >= 0.3 is 20.4 Å². The maximum atomic E-state index is 13.7. The lowest BCUT2D eigenvalue weighted by Gasteiger charge is -2.40. The van der Waals surface area contributed by atoms with E-state index in [0.717, 1.165) is 68.9 Å². The average Bonchev–Trinajstić information content (AvgIpc) is 3.84. The fourth-order valence-electron chi connectivity index (χ4n) is 8.82. The van der Waals surface area contributed by atoms with Crippen molar-refractivity contribution < 1.29 is 38.9 Å². The summed E-state index contributed by atoms with van der Waals surface area (Å²) < 4.78 is 141. The van der Waals surface area contributed by atoms with E-state index in [2.05, 4.69) is 164 Å². The normalized spacial score (nSPS) is 14.7. The minimum Gasteiger partial charge on any atom is -0.308 e. The highest BCUT2D eigenvalue weighted by atomic mass is 32.5. The van der Waals surface area contributed by atoms with Gasteiger partial charge in [-0.05, 0) is 141 Å². The number of benzene rings is 6. The molecule has 0 fully saturated rings. The van der Waals surface area contributed by atoms with Crippen LogP contribution in [-0.4, -0.2) is 9.13 Å². The van der Waals surface area contributed by atoms with Crippen LogP contribution in [0.4, 0.5) is 38.9 Å². The third-order valence-corrected chi connectivity index (χ3v) is 15.6. The van der Waals surface area contributed by atoms with Crippen molar-refractivity contribution >= 4 is 31.5 Å². The summed E-state index contributed by atoms with van der Waals surface area (Å²) in [6, 6.07) is 37.0. The Morgan fingerprint density at radius 3 is 0.868 bits per heavy atom. The third kappa shape index (κ3) is 11.9. The van der Waals surface area contributed by atoms with E-state index in [0.29, 0.717) is 57.9 Å². The van der Waals surface area contributed by atoms with Crippen LogP contribution < -0.4 is 0 Å². The second kappa shape index (κ2) is 16.9. The van der Waals surface area contributed by atoms with E-state index in [-0.39, 0.29) is 32.8 Å². The number of hydrogen-bond acceptors (Lipinski definition) is 0. The summed E-state index contributed by atoms with van der Waals surface area (Å²) in [7, 11) is -19.8. The Kier molecular flexibility index (Phi) is 12.3. The highest BCUT2D eigenvalue weighted by molar-refractivity contribution is 8.46. The molecule has 6 aromatic carbocycles. The Morgan fingerprint density at radius 2 is 0.605 bits per heavy atom. The molecule has 2 heterocycles. The topological polar surface area (TPSA) is 9.86 Å². The summed E-state index contributed by atoms with van der Waals surface area (Å²) in [6.45, 7) is 25.7. The Morgan fingerprint density at radius 1 is 0.329 bits per heavy atom. The van der Waals surface area contributed by atoms with E-state index in [4.69, 9.17) is 0 Å². The molecule has 8 rings (SSSR count). The molecule has 76 heavy (non-hydrogen) atoms. The lowest BCUT2D eigenvalue weighted by molar-refractivity contribution is 0.360. The van der Waals surface area contributed by atoms with Crippen molar-refractivity contribution in [1.29, 1.82) is 0 Å². The first kappa shape index (κ1) is 55.5. The molecule has 14 heteroatoms. The van der Waals surface area contributed by atoms with E-state index in [1.54, 1.807) is 24.3 Å². The highest BCUT2D eigenvalue weighted by Crippen LogP contribution is 3.02. The number of nitrogens with zero attached hydrogens (tertiary/aromatic N) is 2. The van der Waals surface area contributed by atoms with Crippen molar-refractivity contribution in [2.24, 2.45) is 0 Å². The second-order valence-electron chi connectivity index (χ2n) is 23.6. The number of aromatic nitrogens is 2. The molecule has 0 radical (unpaired) electrons. The molecule has 0 spiro atoms. The molecule has 0 atom stereocenters. The van der Waals surface area contributed by atoms with E-state index >= 15 is 0 Å². The molecule has 2 nitrogen and oxygen atoms in total. The molecule has 8 aromatic rings. The standard InChI is InChI=1S/C62H60F10N2S2/c1-59(2,3)45-33-46(60(4,5)6)36-49(35-45)73-55(53-19-15-13-17-43(53)27-21-41-23-29-51(30-24-41)75(63,64,65,66)67)39-58-57(73)40-56(74(58)50-37-47(61(7,8)9)34-48(38-50)62(10,11)12)54-20-16-14-18-44(54)28-22-42-25-31-52(32-26-42)76(68,69,70,71)72/h13-20,23-26,29-40H,1-12H3. The third-order valence-electron chi connectivity index (χ3n) is 13.3. The van der Waals surface area contributed by atoms with Crippen LogP contribution in [0, 0.1) is 23.7 Å². The van der Waals surface area contributed by atoms with Crippen molar-refractivity contribution in [2.45, 2.75) is 115 Å². The zero-order valence-electron chi connectivity index (χ0n) is 44.3. The van der Waals surface area contributed by atoms with Gasteiger partial charge < -0.3 is 9.13 Å².